The van der Waals surface area contributed by atoms with E-state index in [0.29, 0.717) is 29.9 Å². The molecule has 1 aliphatic rings. The van der Waals surface area contributed by atoms with Crippen LogP contribution in [-0.4, -0.2) is 63.2 Å². The van der Waals surface area contributed by atoms with E-state index in [1.165, 1.54) is 6.07 Å². The van der Waals surface area contributed by atoms with Crippen LogP contribution in [-0.2, 0) is 17.1 Å². The fourth-order valence-electron chi connectivity index (χ4n) is 5.51. The van der Waals surface area contributed by atoms with Crippen molar-refractivity contribution in [3.63, 3.8) is 0 Å². The number of carbonyl (C=O) groups excluding carboxylic acids is 1. The van der Waals surface area contributed by atoms with Gasteiger partial charge in [-0.1, -0.05) is 22.9 Å². The number of fused-ring (bicyclic) bond motifs is 1. The molecule has 13 nitrogen and oxygen atoms in total. The molecular formula is C29H36ClN9O4S. The summed E-state index contributed by atoms with van der Waals surface area (Å²) >= 11 is 6.04. The smallest absolute Gasteiger partial charge is 0.285 e. The van der Waals surface area contributed by atoms with Gasteiger partial charge in [0, 0.05) is 43.9 Å². The van der Waals surface area contributed by atoms with Gasteiger partial charge in [-0.3, -0.25) is 14.2 Å². The molecule has 1 atom stereocenters. The standard InChI is InChI=1S/C29H36ClN9O4S/c1-16(2)39-15-23(34-36-39)19-9-11-38(12-10-19)29-33-25-20(13-17(3)14-21(25)28(41)37(29)5)18(4)31-22-7-8-24(30)32-26(22)27(40)35-44(6,42)43/h7-8,13-16,18-19,31H,9-12H2,1-6H3,(H,35,40)/t18-/m1/s1. The van der Waals surface area contributed by atoms with Crippen LogP contribution in [0.2, 0.25) is 5.15 Å². The summed E-state index contributed by atoms with van der Waals surface area (Å²) in [5.74, 6) is -0.0607. The number of aryl methyl sites for hydroxylation is 1. The molecule has 2 N–H and O–H groups in total. The molecule has 1 saturated heterocycles. The van der Waals surface area contributed by atoms with Gasteiger partial charge in [-0.25, -0.2) is 27.8 Å². The van der Waals surface area contributed by atoms with Gasteiger partial charge in [-0.15, -0.1) is 5.10 Å². The van der Waals surface area contributed by atoms with Crippen LogP contribution in [0.5, 0.6) is 0 Å². The SMILES string of the molecule is Cc1cc([C@@H](C)Nc2ccc(Cl)nc2C(=O)NS(C)(=O)=O)c2nc(N3CCC(c4cn(C(C)C)nn4)CC3)n(C)c(=O)c2c1. The fraction of sp³-hybridized carbons (Fsp3) is 0.448. The minimum absolute atomic E-state index is 0.0333. The van der Waals surface area contributed by atoms with Crippen molar-refractivity contribution >= 4 is 50.1 Å². The van der Waals surface area contributed by atoms with Crippen molar-refractivity contribution in [3.05, 3.63) is 68.5 Å². The number of rotatable bonds is 8. The molecular weight excluding hydrogens is 606 g/mol. The number of nitrogens with zero attached hydrogens (tertiary/aromatic N) is 7. The molecule has 1 amide bonds. The van der Waals surface area contributed by atoms with E-state index in [9.17, 15) is 18.0 Å². The van der Waals surface area contributed by atoms with E-state index in [0.717, 1.165) is 35.9 Å². The number of benzene rings is 1. The lowest BCUT2D eigenvalue weighted by atomic mass is 9.94. The maximum absolute atomic E-state index is 13.7. The van der Waals surface area contributed by atoms with Crippen molar-refractivity contribution in [1.29, 1.82) is 0 Å². The van der Waals surface area contributed by atoms with E-state index < -0.39 is 22.0 Å². The number of nitrogens with one attached hydrogen (secondary N) is 2. The summed E-state index contributed by atoms with van der Waals surface area (Å²) in [7, 11) is -2.10. The Balaban J connectivity index is 1.46. The number of carbonyl (C=O) groups is 1. The maximum atomic E-state index is 13.7. The lowest BCUT2D eigenvalue weighted by molar-refractivity contribution is 0.0977. The van der Waals surface area contributed by atoms with Gasteiger partial charge in [-0.05, 0) is 64.3 Å². The van der Waals surface area contributed by atoms with E-state index in [4.69, 9.17) is 16.6 Å². The highest BCUT2D eigenvalue weighted by Crippen LogP contribution is 2.32. The third-order valence-electron chi connectivity index (χ3n) is 7.78. The third-order valence-corrected chi connectivity index (χ3v) is 8.54. The number of aromatic nitrogens is 6. The van der Waals surface area contributed by atoms with Crippen LogP contribution in [0.3, 0.4) is 0 Å². The van der Waals surface area contributed by atoms with Gasteiger partial charge in [0.1, 0.15) is 5.15 Å². The monoisotopic (exact) mass is 641 g/mol. The van der Waals surface area contributed by atoms with Crippen LogP contribution in [0.4, 0.5) is 11.6 Å². The van der Waals surface area contributed by atoms with Crippen molar-refractivity contribution in [2.45, 2.75) is 58.5 Å². The summed E-state index contributed by atoms with van der Waals surface area (Å²) in [4.78, 5) is 37.6. The largest absolute Gasteiger partial charge is 0.377 e. The van der Waals surface area contributed by atoms with Crippen LogP contribution in [0.1, 0.15) is 78.9 Å². The minimum Gasteiger partial charge on any atom is -0.377 e. The number of hydrogen-bond acceptors (Lipinski definition) is 10. The average molecular weight is 642 g/mol. The molecule has 5 rings (SSSR count). The molecule has 0 radical (unpaired) electrons. The molecule has 1 aromatic carbocycles. The first-order valence-electron chi connectivity index (χ1n) is 14.3. The van der Waals surface area contributed by atoms with Gasteiger partial charge in [0.2, 0.25) is 16.0 Å². The second-order valence-electron chi connectivity index (χ2n) is 11.6. The summed E-state index contributed by atoms with van der Waals surface area (Å²) < 4.78 is 28.8. The van der Waals surface area contributed by atoms with Crippen LogP contribution in [0, 0.1) is 6.92 Å². The predicted octanol–water partition coefficient (Wildman–Crippen LogP) is 3.71. The second kappa shape index (κ2) is 12.2. The highest BCUT2D eigenvalue weighted by Gasteiger charge is 2.27. The van der Waals surface area contributed by atoms with Gasteiger partial charge >= 0.3 is 0 Å². The van der Waals surface area contributed by atoms with Gasteiger partial charge in [0.05, 0.1) is 34.6 Å². The summed E-state index contributed by atoms with van der Waals surface area (Å²) in [6.07, 6.45) is 4.61. The highest BCUT2D eigenvalue weighted by molar-refractivity contribution is 7.89. The highest BCUT2D eigenvalue weighted by atomic mass is 35.5. The molecule has 0 unspecified atom stereocenters. The number of piperidine rings is 1. The molecule has 1 fully saturated rings. The Morgan fingerprint density at radius 2 is 1.82 bits per heavy atom. The third kappa shape index (κ3) is 6.55. The molecule has 44 heavy (non-hydrogen) atoms. The molecule has 0 saturated carbocycles. The zero-order valence-electron chi connectivity index (χ0n) is 25.5. The Hall–Kier alpha value is -4.04. The van der Waals surface area contributed by atoms with Gasteiger partial charge in [-0.2, -0.15) is 0 Å². The van der Waals surface area contributed by atoms with Crippen molar-refractivity contribution in [2.24, 2.45) is 7.05 Å². The van der Waals surface area contributed by atoms with Crippen molar-refractivity contribution in [2.75, 3.05) is 29.6 Å². The van der Waals surface area contributed by atoms with Gasteiger partial charge in [0.25, 0.3) is 11.5 Å². The normalized spacial score (nSPS) is 15.1. The zero-order chi connectivity index (χ0) is 31.9. The predicted molar refractivity (Wildman–Crippen MR) is 170 cm³/mol. The minimum atomic E-state index is -3.83. The van der Waals surface area contributed by atoms with Crippen molar-refractivity contribution in [3.8, 4) is 0 Å². The van der Waals surface area contributed by atoms with E-state index in [1.54, 1.807) is 17.7 Å². The number of pyridine rings is 1. The quantitative estimate of drug-likeness (QED) is 0.272. The van der Waals surface area contributed by atoms with E-state index in [-0.39, 0.29) is 34.1 Å². The molecule has 15 heteroatoms. The van der Waals surface area contributed by atoms with Gasteiger partial charge in [0.15, 0.2) is 5.69 Å². The van der Waals surface area contributed by atoms with E-state index >= 15 is 0 Å². The van der Waals surface area contributed by atoms with Crippen LogP contribution < -0.4 is 20.5 Å². The number of hydrogen-bond donors (Lipinski definition) is 2. The Kier molecular flexibility index (Phi) is 8.67. The maximum Gasteiger partial charge on any atom is 0.285 e. The molecule has 3 aromatic heterocycles. The fourth-order valence-corrected chi connectivity index (χ4v) is 6.09. The Morgan fingerprint density at radius 1 is 1.11 bits per heavy atom. The molecule has 0 aliphatic carbocycles. The molecule has 234 valence electrons. The molecule has 4 aromatic rings. The van der Waals surface area contributed by atoms with Crippen LogP contribution >= 0.6 is 11.6 Å². The van der Waals surface area contributed by atoms with E-state index in [1.807, 2.05) is 41.6 Å². The van der Waals surface area contributed by atoms with E-state index in [2.05, 4.69) is 39.4 Å². The number of anilines is 2. The summed E-state index contributed by atoms with van der Waals surface area (Å²) in [5, 5.41) is 12.4. The summed E-state index contributed by atoms with van der Waals surface area (Å²) in [5.41, 5.74) is 3.07. The second-order valence-corrected chi connectivity index (χ2v) is 13.7. The number of sulfonamides is 1. The first-order chi connectivity index (χ1) is 20.7. The van der Waals surface area contributed by atoms with Gasteiger partial charge < -0.3 is 10.2 Å². The number of halogens is 1. The first kappa shape index (κ1) is 31.4. The Bertz CT molecular complexity index is 1900. The Labute approximate surface area is 260 Å². The summed E-state index contributed by atoms with van der Waals surface area (Å²) in [6.45, 7) is 9.32. The molecule has 0 bridgehead atoms. The molecule has 1 aliphatic heterocycles. The number of amides is 1. The average Bonchev–Trinajstić information content (AvgIpc) is 3.46. The zero-order valence-corrected chi connectivity index (χ0v) is 27.1. The van der Waals surface area contributed by atoms with Crippen molar-refractivity contribution in [1.82, 2.24) is 34.3 Å². The van der Waals surface area contributed by atoms with Crippen LogP contribution in [0.15, 0.2) is 35.3 Å². The van der Waals surface area contributed by atoms with Crippen molar-refractivity contribution < 1.29 is 13.2 Å². The molecule has 4 heterocycles. The lowest BCUT2D eigenvalue weighted by Gasteiger charge is -2.33. The molecule has 0 spiro atoms. The topological polar surface area (TPSA) is 157 Å². The van der Waals surface area contributed by atoms with Crippen LogP contribution in [0.25, 0.3) is 10.9 Å². The first-order valence-corrected chi connectivity index (χ1v) is 16.6. The lowest BCUT2D eigenvalue weighted by Crippen LogP contribution is -2.37. The summed E-state index contributed by atoms with van der Waals surface area (Å²) in [6, 6.07) is 6.62. The Morgan fingerprint density at radius 3 is 2.45 bits per heavy atom.